The molecule has 0 bridgehead atoms. The molecule has 1 atom stereocenters. The second kappa shape index (κ2) is 4.54. The van der Waals surface area contributed by atoms with Crippen molar-refractivity contribution in [3.8, 4) is 0 Å². The van der Waals surface area contributed by atoms with E-state index < -0.39 is 37.7 Å². The van der Waals surface area contributed by atoms with E-state index in [9.17, 15) is 30.7 Å². The molecule has 0 saturated carbocycles. The molecule has 0 aromatic heterocycles. The van der Waals surface area contributed by atoms with Crippen LogP contribution in [0.5, 0.6) is 0 Å². The molecule has 0 aliphatic rings. The normalized spacial score (nSPS) is 17.6. The molecule has 0 aliphatic carbocycles. The number of hydrogen-bond acceptors (Lipinski definition) is 1. The van der Waals surface area contributed by atoms with Gasteiger partial charge in [0.1, 0.15) is 0 Å². The minimum Gasteiger partial charge on any atom is -0.309 e. The fraction of sp³-hybridized carbons (Fsp3) is 1.00. The molecule has 92 valence electrons. The Morgan fingerprint density at radius 1 is 0.933 bits per heavy atom. The second-order valence-corrected chi connectivity index (χ2v) is 2.99. The summed E-state index contributed by atoms with van der Waals surface area (Å²) in [5.74, 6) is -8.14. The summed E-state index contributed by atoms with van der Waals surface area (Å²) in [6, 6.07) is 0. The fourth-order valence-corrected chi connectivity index (χ4v) is 0.807. The summed E-state index contributed by atoms with van der Waals surface area (Å²) in [5.41, 5.74) is 0. The van der Waals surface area contributed by atoms with Gasteiger partial charge in [0.15, 0.2) is 6.86 Å². The summed E-state index contributed by atoms with van der Waals surface area (Å²) in [6.07, 6.45) is -8.26. The topological polar surface area (TPSA) is 9.23 Å². The van der Waals surface area contributed by atoms with Crippen molar-refractivity contribution in [3.05, 3.63) is 0 Å². The van der Waals surface area contributed by atoms with Crippen molar-refractivity contribution in [3.63, 3.8) is 0 Å². The second-order valence-electron chi connectivity index (χ2n) is 2.99. The zero-order chi connectivity index (χ0) is 12.3. The minimum atomic E-state index is -4.80. The molecule has 0 heterocycles. The Morgan fingerprint density at radius 2 is 1.40 bits per heavy atom. The van der Waals surface area contributed by atoms with E-state index in [0.717, 1.165) is 0 Å². The molecule has 1 unspecified atom stereocenters. The van der Waals surface area contributed by atoms with Gasteiger partial charge in [-0.05, 0) is 0 Å². The van der Waals surface area contributed by atoms with Gasteiger partial charge in [-0.3, -0.25) is 0 Å². The molecule has 0 fully saturated rings. The van der Waals surface area contributed by atoms with Gasteiger partial charge in [0.2, 0.25) is 0 Å². The SMILES string of the molecule is CC(F)(F)C(F)(CCC(F)(F)F)OCF. The molecular weight excluding hydrogens is 233 g/mol. The first-order valence-electron chi connectivity index (χ1n) is 3.85. The van der Waals surface area contributed by atoms with Gasteiger partial charge >= 0.3 is 12.1 Å². The quantitative estimate of drug-likeness (QED) is 0.669. The highest BCUT2D eigenvalue weighted by atomic mass is 19.4. The summed E-state index contributed by atoms with van der Waals surface area (Å²) >= 11 is 0. The molecule has 0 N–H and O–H groups in total. The van der Waals surface area contributed by atoms with Crippen LogP contribution in [0.4, 0.5) is 30.7 Å². The lowest BCUT2D eigenvalue weighted by Gasteiger charge is -2.30. The van der Waals surface area contributed by atoms with Crippen LogP contribution in [0.2, 0.25) is 0 Å². The van der Waals surface area contributed by atoms with Crippen molar-refractivity contribution in [1.82, 2.24) is 0 Å². The third-order valence-corrected chi connectivity index (χ3v) is 1.67. The lowest BCUT2D eigenvalue weighted by molar-refractivity contribution is -0.293. The Hall–Kier alpha value is -0.530. The molecule has 15 heavy (non-hydrogen) atoms. The maximum Gasteiger partial charge on any atom is 0.389 e. The molecule has 0 aliphatic heterocycles. The minimum absolute atomic E-state index is 0.0268. The first kappa shape index (κ1) is 14.5. The van der Waals surface area contributed by atoms with E-state index in [1.54, 1.807) is 0 Å². The molecule has 8 heteroatoms. The third-order valence-electron chi connectivity index (χ3n) is 1.67. The lowest BCUT2D eigenvalue weighted by atomic mass is 10.1. The lowest BCUT2D eigenvalue weighted by Crippen LogP contribution is -2.45. The van der Waals surface area contributed by atoms with Gasteiger partial charge in [0.25, 0.3) is 5.85 Å². The van der Waals surface area contributed by atoms with Crippen LogP contribution in [0.3, 0.4) is 0 Å². The van der Waals surface area contributed by atoms with E-state index in [-0.39, 0.29) is 6.92 Å². The maximum atomic E-state index is 13.1. The largest absolute Gasteiger partial charge is 0.389 e. The van der Waals surface area contributed by atoms with E-state index >= 15 is 0 Å². The average molecular weight is 242 g/mol. The van der Waals surface area contributed by atoms with Crippen molar-refractivity contribution >= 4 is 0 Å². The number of alkyl halides is 7. The Kier molecular flexibility index (Phi) is 4.38. The van der Waals surface area contributed by atoms with Crippen LogP contribution in [0.1, 0.15) is 19.8 Å². The van der Waals surface area contributed by atoms with Crippen LogP contribution in [0.15, 0.2) is 0 Å². The predicted molar refractivity (Wildman–Crippen MR) is 36.8 cm³/mol. The number of hydrogen-bond donors (Lipinski definition) is 0. The predicted octanol–water partition coefficient (Wildman–Crippen LogP) is 3.59. The third kappa shape index (κ3) is 4.67. The standard InChI is InChI=1S/C7H9F7O/c1-5(9,10)6(11,15-4-8)2-3-7(12,13)14/h2-4H2,1H3. The Morgan fingerprint density at radius 3 is 1.67 bits per heavy atom. The van der Waals surface area contributed by atoms with Crippen molar-refractivity contribution < 1.29 is 35.5 Å². The van der Waals surface area contributed by atoms with E-state index in [2.05, 4.69) is 4.74 Å². The van der Waals surface area contributed by atoms with Gasteiger partial charge in [-0.1, -0.05) is 0 Å². The maximum absolute atomic E-state index is 13.1. The van der Waals surface area contributed by atoms with Gasteiger partial charge in [0, 0.05) is 19.8 Å². The van der Waals surface area contributed by atoms with Gasteiger partial charge in [-0.15, -0.1) is 0 Å². The number of halogens is 7. The summed E-state index contributed by atoms with van der Waals surface area (Å²) in [4.78, 5) is 0. The van der Waals surface area contributed by atoms with E-state index in [0.29, 0.717) is 0 Å². The van der Waals surface area contributed by atoms with Crippen LogP contribution < -0.4 is 0 Å². The zero-order valence-electron chi connectivity index (χ0n) is 7.68. The number of rotatable bonds is 5. The molecule has 0 spiro atoms. The summed E-state index contributed by atoms with van der Waals surface area (Å²) in [5, 5.41) is 0. The highest BCUT2D eigenvalue weighted by Crippen LogP contribution is 2.39. The van der Waals surface area contributed by atoms with E-state index in [1.165, 1.54) is 0 Å². The summed E-state index contributed by atoms with van der Waals surface area (Å²) in [6.45, 7) is -1.89. The van der Waals surface area contributed by atoms with Crippen molar-refractivity contribution in [2.75, 3.05) is 6.86 Å². The fourth-order valence-electron chi connectivity index (χ4n) is 0.807. The summed E-state index contributed by atoms with van der Waals surface area (Å²) < 4.78 is 88.0. The van der Waals surface area contributed by atoms with Gasteiger partial charge in [-0.2, -0.15) is 13.2 Å². The highest BCUT2D eigenvalue weighted by Gasteiger charge is 2.53. The Balaban J connectivity index is 4.53. The van der Waals surface area contributed by atoms with Crippen molar-refractivity contribution in [2.45, 2.75) is 37.7 Å². The van der Waals surface area contributed by atoms with Crippen LogP contribution >= 0.6 is 0 Å². The van der Waals surface area contributed by atoms with Crippen molar-refractivity contribution in [2.24, 2.45) is 0 Å². The molecular formula is C7H9F7O. The van der Waals surface area contributed by atoms with Gasteiger partial charge in [0.05, 0.1) is 0 Å². The Bertz CT molecular complexity index is 196. The van der Waals surface area contributed by atoms with Crippen molar-refractivity contribution in [1.29, 1.82) is 0 Å². The first-order chi connectivity index (χ1) is 6.52. The molecule has 0 saturated heterocycles. The van der Waals surface area contributed by atoms with Gasteiger partial charge in [-0.25, -0.2) is 17.6 Å². The van der Waals surface area contributed by atoms with E-state index in [4.69, 9.17) is 0 Å². The molecule has 0 radical (unpaired) electrons. The van der Waals surface area contributed by atoms with E-state index in [1.807, 2.05) is 0 Å². The molecule has 0 rings (SSSR count). The molecule has 0 amide bonds. The molecule has 0 aromatic carbocycles. The summed E-state index contributed by atoms with van der Waals surface area (Å²) in [7, 11) is 0. The molecule has 1 nitrogen and oxygen atoms in total. The smallest absolute Gasteiger partial charge is 0.309 e. The van der Waals surface area contributed by atoms with Crippen LogP contribution in [-0.2, 0) is 4.74 Å². The Labute approximate surface area is 81.2 Å². The molecule has 0 aromatic rings. The van der Waals surface area contributed by atoms with Crippen LogP contribution in [-0.4, -0.2) is 24.8 Å². The van der Waals surface area contributed by atoms with Gasteiger partial charge < -0.3 is 4.74 Å². The van der Waals surface area contributed by atoms with Crippen LogP contribution in [0, 0.1) is 0 Å². The number of ether oxygens (including phenoxy) is 1. The zero-order valence-corrected chi connectivity index (χ0v) is 7.68. The monoisotopic (exact) mass is 242 g/mol. The highest BCUT2D eigenvalue weighted by molar-refractivity contribution is 4.82. The average Bonchev–Trinajstić information content (AvgIpc) is 1.98. The first-order valence-corrected chi connectivity index (χ1v) is 3.85. The van der Waals surface area contributed by atoms with Crippen LogP contribution in [0.25, 0.3) is 0 Å².